The Morgan fingerprint density at radius 1 is 0.860 bits per heavy atom. The predicted molar refractivity (Wildman–Crippen MR) is 167 cm³/mol. The molecule has 1 atom stereocenters. The van der Waals surface area contributed by atoms with Crippen LogP contribution in [0.1, 0.15) is 23.6 Å². The second-order valence-electron chi connectivity index (χ2n) is 10.0. The standard InChI is InChI=1S/C33H33ClFN3O4S/c1-3-36-33(40)31(21-25-7-5-4-6-8-25)37(22-26-11-15-28(35)16-12-26)32(39)23-38(29-17-13-27(34)14-18-29)43(41,42)30-19-9-24(2)10-20-30/h4-20,31H,3,21-23H2,1-2H3,(H,36,40)/t31-/m0/s1. The van der Waals surface area contributed by atoms with Crippen molar-refractivity contribution in [3.05, 3.63) is 131 Å². The molecule has 0 fully saturated rings. The Morgan fingerprint density at radius 3 is 2.09 bits per heavy atom. The second-order valence-corrected chi connectivity index (χ2v) is 12.3. The van der Waals surface area contributed by atoms with E-state index in [4.69, 9.17) is 11.6 Å². The molecule has 0 aromatic heterocycles. The lowest BCUT2D eigenvalue weighted by Gasteiger charge is -2.33. The predicted octanol–water partition coefficient (Wildman–Crippen LogP) is 5.76. The summed E-state index contributed by atoms with van der Waals surface area (Å²) in [4.78, 5) is 29.1. The van der Waals surface area contributed by atoms with Crippen LogP contribution >= 0.6 is 11.6 Å². The molecule has 7 nitrogen and oxygen atoms in total. The lowest BCUT2D eigenvalue weighted by Crippen LogP contribution is -2.53. The highest BCUT2D eigenvalue weighted by Gasteiger charge is 2.34. The second kappa shape index (κ2) is 14.3. The van der Waals surface area contributed by atoms with Crippen molar-refractivity contribution in [2.45, 2.75) is 37.8 Å². The van der Waals surface area contributed by atoms with Crippen LogP contribution in [0, 0.1) is 12.7 Å². The summed E-state index contributed by atoms with van der Waals surface area (Å²) in [5.74, 6) is -1.44. The fraction of sp³-hybridized carbons (Fsp3) is 0.212. The third kappa shape index (κ3) is 8.21. The third-order valence-corrected chi connectivity index (χ3v) is 8.93. The van der Waals surface area contributed by atoms with Gasteiger partial charge in [-0.1, -0.05) is 71.8 Å². The third-order valence-electron chi connectivity index (χ3n) is 6.89. The largest absolute Gasteiger partial charge is 0.355 e. The molecule has 0 radical (unpaired) electrons. The number of hydrogen-bond acceptors (Lipinski definition) is 4. The number of carbonyl (C=O) groups is 2. The van der Waals surface area contributed by atoms with Crippen molar-refractivity contribution in [1.82, 2.24) is 10.2 Å². The number of nitrogens with one attached hydrogen (secondary N) is 1. The van der Waals surface area contributed by atoms with Gasteiger partial charge in [0.05, 0.1) is 10.6 Å². The summed E-state index contributed by atoms with van der Waals surface area (Å²) in [6.07, 6.45) is 0.186. The van der Waals surface area contributed by atoms with Crippen molar-refractivity contribution in [3.63, 3.8) is 0 Å². The molecule has 0 heterocycles. The number of rotatable bonds is 12. The number of aryl methyl sites for hydroxylation is 1. The first-order chi connectivity index (χ1) is 20.6. The topological polar surface area (TPSA) is 86.8 Å². The van der Waals surface area contributed by atoms with Gasteiger partial charge >= 0.3 is 0 Å². The van der Waals surface area contributed by atoms with Gasteiger partial charge < -0.3 is 10.2 Å². The molecule has 0 aliphatic carbocycles. The zero-order valence-corrected chi connectivity index (χ0v) is 25.5. The summed E-state index contributed by atoms with van der Waals surface area (Å²) >= 11 is 6.09. The average Bonchev–Trinajstić information content (AvgIpc) is 3.00. The van der Waals surface area contributed by atoms with E-state index >= 15 is 0 Å². The quantitative estimate of drug-likeness (QED) is 0.218. The number of likely N-dealkylation sites (N-methyl/N-ethyl adjacent to an activating group) is 1. The number of nitrogens with zero attached hydrogens (tertiary/aromatic N) is 2. The van der Waals surface area contributed by atoms with E-state index in [0.29, 0.717) is 17.1 Å². The number of anilines is 1. The van der Waals surface area contributed by atoms with Gasteiger partial charge in [-0.25, -0.2) is 12.8 Å². The summed E-state index contributed by atoms with van der Waals surface area (Å²) in [5.41, 5.74) is 2.51. The Labute approximate surface area is 257 Å². The molecule has 4 aromatic carbocycles. The number of sulfonamides is 1. The molecule has 0 spiro atoms. The van der Waals surface area contributed by atoms with Gasteiger partial charge in [-0.2, -0.15) is 0 Å². The maximum atomic E-state index is 14.3. The van der Waals surface area contributed by atoms with Gasteiger partial charge in [-0.15, -0.1) is 0 Å². The van der Waals surface area contributed by atoms with Crippen molar-refractivity contribution < 1.29 is 22.4 Å². The number of benzene rings is 4. The molecule has 0 unspecified atom stereocenters. The van der Waals surface area contributed by atoms with Crippen LogP contribution in [0.15, 0.2) is 108 Å². The minimum absolute atomic E-state index is 0.00972. The maximum Gasteiger partial charge on any atom is 0.264 e. The zero-order valence-electron chi connectivity index (χ0n) is 23.9. The fourth-order valence-corrected chi connectivity index (χ4v) is 6.15. The molecule has 1 N–H and O–H groups in total. The van der Waals surface area contributed by atoms with Crippen molar-refractivity contribution in [1.29, 1.82) is 0 Å². The monoisotopic (exact) mass is 621 g/mol. The summed E-state index contributed by atoms with van der Waals surface area (Å²) in [7, 11) is -4.21. The molecular formula is C33H33ClFN3O4S. The Balaban J connectivity index is 1.78. The maximum absolute atomic E-state index is 14.3. The Bertz CT molecular complexity index is 1630. The van der Waals surface area contributed by atoms with E-state index in [-0.39, 0.29) is 29.5 Å². The highest BCUT2D eigenvalue weighted by molar-refractivity contribution is 7.92. The van der Waals surface area contributed by atoms with Crippen LogP contribution in [0.4, 0.5) is 10.1 Å². The SMILES string of the molecule is CCNC(=O)[C@H](Cc1ccccc1)N(Cc1ccc(F)cc1)C(=O)CN(c1ccc(Cl)cc1)S(=O)(=O)c1ccc(C)cc1. The number of halogens is 2. The van der Waals surface area contributed by atoms with Gasteiger partial charge in [0.2, 0.25) is 11.8 Å². The Hall–Kier alpha value is -4.21. The van der Waals surface area contributed by atoms with Gasteiger partial charge in [0, 0.05) is 24.5 Å². The molecular weight excluding hydrogens is 589 g/mol. The van der Waals surface area contributed by atoms with Crippen LogP contribution in [0.3, 0.4) is 0 Å². The minimum atomic E-state index is -4.21. The van der Waals surface area contributed by atoms with Crippen molar-refractivity contribution in [2.24, 2.45) is 0 Å². The number of amides is 2. The number of hydrogen-bond donors (Lipinski definition) is 1. The van der Waals surface area contributed by atoms with Gasteiger partial charge in [-0.05, 0) is 73.5 Å². The molecule has 4 rings (SSSR count). The normalized spacial score (nSPS) is 11.9. The molecule has 0 saturated carbocycles. The van der Waals surface area contributed by atoms with Gasteiger partial charge in [0.15, 0.2) is 0 Å². The molecule has 0 saturated heterocycles. The Morgan fingerprint density at radius 2 is 1.49 bits per heavy atom. The lowest BCUT2D eigenvalue weighted by molar-refractivity contribution is -0.140. The van der Waals surface area contributed by atoms with Crippen LogP contribution in [0.5, 0.6) is 0 Å². The summed E-state index contributed by atoms with van der Waals surface area (Å²) < 4.78 is 42.7. The first-order valence-electron chi connectivity index (χ1n) is 13.8. The van der Waals surface area contributed by atoms with E-state index in [1.165, 1.54) is 53.4 Å². The molecule has 10 heteroatoms. The average molecular weight is 622 g/mol. The van der Waals surface area contributed by atoms with Crippen LogP contribution < -0.4 is 9.62 Å². The van der Waals surface area contributed by atoms with E-state index in [1.807, 2.05) is 37.3 Å². The molecule has 4 aromatic rings. The van der Waals surface area contributed by atoms with E-state index < -0.39 is 34.3 Å². The summed E-state index contributed by atoms with van der Waals surface area (Å²) in [5, 5.41) is 3.21. The smallest absolute Gasteiger partial charge is 0.264 e. The van der Waals surface area contributed by atoms with Crippen LogP contribution in [-0.4, -0.2) is 44.3 Å². The van der Waals surface area contributed by atoms with Crippen LogP contribution in [0.25, 0.3) is 0 Å². The van der Waals surface area contributed by atoms with E-state index in [0.717, 1.165) is 15.4 Å². The molecule has 2 amide bonds. The summed E-state index contributed by atoms with van der Waals surface area (Å²) in [6, 6.07) is 26.4. The van der Waals surface area contributed by atoms with Crippen molar-refractivity contribution in [3.8, 4) is 0 Å². The first-order valence-corrected chi connectivity index (χ1v) is 15.6. The van der Waals surface area contributed by atoms with Gasteiger partial charge in [-0.3, -0.25) is 13.9 Å². The fourth-order valence-electron chi connectivity index (χ4n) is 4.61. The molecule has 0 bridgehead atoms. The first kappa shape index (κ1) is 31.7. The van der Waals surface area contributed by atoms with E-state index in [9.17, 15) is 22.4 Å². The molecule has 0 aliphatic heterocycles. The minimum Gasteiger partial charge on any atom is -0.355 e. The number of carbonyl (C=O) groups excluding carboxylic acids is 2. The van der Waals surface area contributed by atoms with Crippen LogP contribution in [-0.2, 0) is 32.6 Å². The zero-order chi connectivity index (χ0) is 31.0. The molecule has 224 valence electrons. The van der Waals surface area contributed by atoms with Gasteiger partial charge in [0.1, 0.15) is 18.4 Å². The molecule has 43 heavy (non-hydrogen) atoms. The van der Waals surface area contributed by atoms with Crippen molar-refractivity contribution in [2.75, 3.05) is 17.4 Å². The van der Waals surface area contributed by atoms with Gasteiger partial charge in [0.25, 0.3) is 10.0 Å². The highest BCUT2D eigenvalue weighted by atomic mass is 35.5. The highest BCUT2D eigenvalue weighted by Crippen LogP contribution is 2.26. The molecule has 0 aliphatic rings. The van der Waals surface area contributed by atoms with E-state index in [1.54, 1.807) is 31.2 Å². The van der Waals surface area contributed by atoms with Crippen molar-refractivity contribution >= 4 is 39.1 Å². The van der Waals surface area contributed by atoms with E-state index in [2.05, 4.69) is 5.32 Å². The summed E-state index contributed by atoms with van der Waals surface area (Å²) in [6.45, 7) is 3.32. The Kier molecular flexibility index (Phi) is 10.6. The lowest BCUT2D eigenvalue weighted by atomic mass is 10.0. The van der Waals surface area contributed by atoms with Crippen LogP contribution in [0.2, 0.25) is 5.02 Å².